The van der Waals surface area contributed by atoms with Crippen LogP contribution in [-0.2, 0) is 6.42 Å². The fourth-order valence-electron chi connectivity index (χ4n) is 2.45. The second-order valence-corrected chi connectivity index (χ2v) is 4.26. The molecule has 0 aliphatic heterocycles. The SMILES string of the molecule is C=C[C@H]1CCCc2cc(OC)c(C)cc21. The summed E-state index contributed by atoms with van der Waals surface area (Å²) in [4.78, 5) is 0. The lowest BCUT2D eigenvalue weighted by molar-refractivity contribution is 0.410. The van der Waals surface area contributed by atoms with Gasteiger partial charge in [0.1, 0.15) is 5.75 Å². The van der Waals surface area contributed by atoms with E-state index in [0.29, 0.717) is 5.92 Å². The number of hydrogen-bond donors (Lipinski definition) is 0. The van der Waals surface area contributed by atoms with E-state index in [1.165, 1.54) is 36.0 Å². The zero-order valence-corrected chi connectivity index (χ0v) is 9.55. The number of allylic oxidation sites excluding steroid dienone is 1. The summed E-state index contributed by atoms with van der Waals surface area (Å²) in [5.74, 6) is 1.55. The Labute approximate surface area is 91.8 Å². The van der Waals surface area contributed by atoms with Gasteiger partial charge in [-0.15, -0.1) is 6.58 Å². The Morgan fingerprint density at radius 1 is 1.47 bits per heavy atom. The van der Waals surface area contributed by atoms with Crippen molar-refractivity contribution < 1.29 is 4.74 Å². The van der Waals surface area contributed by atoms with Crippen molar-refractivity contribution in [3.63, 3.8) is 0 Å². The average Bonchev–Trinajstić information content (AvgIpc) is 2.27. The second kappa shape index (κ2) is 4.09. The summed E-state index contributed by atoms with van der Waals surface area (Å²) in [6.45, 7) is 6.03. The van der Waals surface area contributed by atoms with Crippen LogP contribution in [-0.4, -0.2) is 7.11 Å². The molecule has 0 heterocycles. The quantitative estimate of drug-likeness (QED) is 0.666. The first-order valence-corrected chi connectivity index (χ1v) is 5.56. The maximum absolute atomic E-state index is 5.35. The van der Waals surface area contributed by atoms with E-state index in [4.69, 9.17) is 4.74 Å². The number of aryl methyl sites for hydroxylation is 2. The van der Waals surface area contributed by atoms with E-state index < -0.39 is 0 Å². The molecule has 0 amide bonds. The van der Waals surface area contributed by atoms with Crippen molar-refractivity contribution in [1.82, 2.24) is 0 Å². The lowest BCUT2D eigenvalue weighted by atomic mass is 9.82. The zero-order chi connectivity index (χ0) is 10.8. The lowest BCUT2D eigenvalue weighted by Gasteiger charge is -2.24. The van der Waals surface area contributed by atoms with E-state index in [9.17, 15) is 0 Å². The topological polar surface area (TPSA) is 9.23 Å². The van der Waals surface area contributed by atoms with Gasteiger partial charge in [0, 0.05) is 5.92 Å². The summed E-state index contributed by atoms with van der Waals surface area (Å²) in [5, 5.41) is 0. The fraction of sp³-hybridized carbons (Fsp3) is 0.429. The maximum Gasteiger partial charge on any atom is 0.122 e. The average molecular weight is 202 g/mol. The predicted molar refractivity (Wildman–Crippen MR) is 63.6 cm³/mol. The first-order valence-electron chi connectivity index (χ1n) is 5.56. The molecule has 0 saturated heterocycles. The minimum absolute atomic E-state index is 0.540. The molecule has 0 saturated carbocycles. The van der Waals surface area contributed by atoms with Crippen LogP contribution in [0.4, 0.5) is 0 Å². The summed E-state index contributed by atoms with van der Waals surface area (Å²) in [6, 6.07) is 4.46. The zero-order valence-electron chi connectivity index (χ0n) is 9.55. The number of hydrogen-bond acceptors (Lipinski definition) is 1. The van der Waals surface area contributed by atoms with Crippen LogP contribution in [0.2, 0.25) is 0 Å². The number of ether oxygens (including phenoxy) is 1. The van der Waals surface area contributed by atoms with Crippen LogP contribution in [0.3, 0.4) is 0 Å². The lowest BCUT2D eigenvalue weighted by Crippen LogP contribution is -2.08. The Balaban J connectivity index is 2.49. The van der Waals surface area contributed by atoms with Crippen LogP contribution in [0.15, 0.2) is 24.8 Å². The number of methoxy groups -OCH3 is 1. The first kappa shape index (κ1) is 10.3. The van der Waals surface area contributed by atoms with Gasteiger partial charge in [0.15, 0.2) is 0 Å². The third kappa shape index (κ3) is 1.79. The van der Waals surface area contributed by atoms with Gasteiger partial charge in [0.05, 0.1) is 7.11 Å². The molecule has 1 aromatic rings. The van der Waals surface area contributed by atoms with E-state index in [2.05, 4.69) is 31.7 Å². The molecule has 1 atom stereocenters. The van der Waals surface area contributed by atoms with Gasteiger partial charge in [0.2, 0.25) is 0 Å². The summed E-state index contributed by atoms with van der Waals surface area (Å²) in [5.41, 5.74) is 4.12. The number of rotatable bonds is 2. The smallest absolute Gasteiger partial charge is 0.122 e. The molecular weight excluding hydrogens is 184 g/mol. The molecule has 0 bridgehead atoms. The van der Waals surface area contributed by atoms with Gasteiger partial charge in [-0.3, -0.25) is 0 Å². The van der Waals surface area contributed by atoms with Gasteiger partial charge < -0.3 is 4.74 Å². The Hall–Kier alpha value is -1.24. The highest BCUT2D eigenvalue weighted by Gasteiger charge is 2.19. The van der Waals surface area contributed by atoms with Gasteiger partial charge in [0.25, 0.3) is 0 Å². The standard InChI is InChI=1S/C14H18O/c1-4-11-6-5-7-12-9-14(15-3)10(2)8-13(11)12/h4,8-9,11H,1,5-7H2,2-3H3/t11-/m0/s1. The molecule has 0 spiro atoms. The minimum Gasteiger partial charge on any atom is -0.496 e. The van der Waals surface area contributed by atoms with E-state index in [-0.39, 0.29) is 0 Å². The van der Waals surface area contributed by atoms with Crippen LogP contribution in [0.5, 0.6) is 5.75 Å². The third-order valence-corrected chi connectivity index (χ3v) is 3.30. The van der Waals surface area contributed by atoms with Crippen molar-refractivity contribution in [3.05, 3.63) is 41.5 Å². The largest absolute Gasteiger partial charge is 0.496 e. The Kier molecular flexibility index (Phi) is 2.81. The highest BCUT2D eigenvalue weighted by atomic mass is 16.5. The number of fused-ring (bicyclic) bond motifs is 1. The van der Waals surface area contributed by atoms with E-state index in [1.54, 1.807) is 7.11 Å². The monoisotopic (exact) mass is 202 g/mol. The molecule has 15 heavy (non-hydrogen) atoms. The van der Waals surface area contributed by atoms with Crippen molar-refractivity contribution in [1.29, 1.82) is 0 Å². The highest BCUT2D eigenvalue weighted by molar-refractivity contribution is 5.45. The van der Waals surface area contributed by atoms with Crippen molar-refractivity contribution in [2.45, 2.75) is 32.1 Å². The summed E-state index contributed by atoms with van der Waals surface area (Å²) < 4.78 is 5.35. The molecule has 2 rings (SSSR count). The summed E-state index contributed by atoms with van der Waals surface area (Å²) >= 11 is 0. The van der Waals surface area contributed by atoms with Crippen LogP contribution >= 0.6 is 0 Å². The van der Waals surface area contributed by atoms with Gasteiger partial charge in [-0.2, -0.15) is 0 Å². The molecule has 80 valence electrons. The third-order valence-electron chi connectivity index (χ3n) is 3.30. The molecule has 1 nitrogen and oxygen atoms in total. The summed E-state index contributed by atoms with van der Waals surface area (Å²) in [6.07, 6.45) is 5.75. The van der Waals surface area contributed by atoms with E-state index in [0.717, 1.165) is 5.75 Å². The van der Waals surface area contributed by atoms with Crippen molar-refractivity contribution >= 4 is 0 Å². The van der Waals surface area contributed by atoms with Crippen LogP contribution in [0.25, 0.3) is 0 Å². The molecule has 0 aromatic heterocycles. The Morgan fingerprint density at radius 2 is 2.27 bits per heavy atom. The molecule has 1 aliphatic carbocycles. The normalized spacial score (nSPS) is 19.5. The molecule has 0 radical (unpaired) electrons. The van der Waals surface area contributed by atoms with Crippen LogP contribution in [0.1, 0.15) is 35.4 Å². The van der Waals surface area contributed by atoms with Crippen molar-refractivity contribution in [2.24, 2.45) is 0 Å². The van der Waals surface area contributed by atoms with E-state index in [1.807, 2.05) is 0 Å². The molecule has 0 N–H and O–H groups in total. The van der Waals surface area contributed by atoms with Gasteiger partial charge in [-0.25, -0.2) is 0 Å². The molecule has 1 heteroatoms. The Morgan fingerprint density at radius 3 is 2.93 bits per heavy atom. The van der Waals surface area contributed by atoms with Gasteiger partial charge in [-0.05, 0) is 48.9 Å². The van der Waals surface area contributed by atoms with Gasteiger partial charge >= 0.3 is 0 Å². The maximum atomic E-state index is 5.35. The van der Waals surface area contributed by atoms with E-state index >= 15 is 0 Å². The number of benzene rings is 1. The van der Waals surface area contributed by atoms with Crippen molar-refractivity contribution in [3.8, 4) is 5.75 Å². The fourth-order valence-corrected chi connectivity index (χ4v) is 2.45. The molecular formula is C14H18O. The molecule has 1 aromatic carbocycles. The predicted octanol–water partition coefficient (Wildman–Crippen LogP) is 3.61. The second-order valence-electron chi connectivity index (χ2n) is 4.26. The first-order chi connectivity index (χ1) is 7.26. The Bertz CT molecular complexity index is 379. The molecule has 0 unspecified atom stereocenters. The van der Waals surface area contributed by atoms with Crippen molar-refractivity contribution in [2.75, 3.05) is 7.11 Å². The minimum atomic E-state index is 0.540. The van der Waals surface area contributed by atoms with Crippen LogP contribution < -0.4 is 4.74 Å². The molecule has 1 aliphatic rings. The summed E-state index contributed by atoms with van der Waals surface area (Å²) in [7, 11) is 1.74. The van der Waals surface area contributed by atoms with Gasteiger partial charge in [-0.1, -0.05) is 12.1 Å². The molecule has 0 fully saturated rings. The van der Waals surface area contributed by atoms with Crippen LogP contribution in [0, 0.1) is 6.92 Å². The highest BCUT2D eigenvalue weighted by Crippen LogP contribution is 2.35.